The number of rotatable bonds is 5. The van der Waals surface area contributed by atoms with E-state index in [1.165, 1.54) is 4.90 Å². The Bertz CT molecular complexity index is 690. The summed E-state index contributed by atoms with van der Waals surface area (Å²) in [5, 5.41) is 5.23. The lowest BCUT2D eigenvalue weighted by Crippen LogP contribution is -2.29. The first-order valence-electron chi connectivity index (χ1n) is 6.64. The number of carbonyl (C=O) groups excluding carboxylic acids is 1. The second-order valence-electron chi connectivity index (χ2n) is 4.96. The van der Waals surface area contributed by atoms with Gasteiger partial charge in [-0.05, 0) is 30.9 Å². The van der Waals surface area contributed by atoms with Gasteiger partial charge in [0.1, 0.15) is 0 Å². The van der Waals surface area contributed by atoms with E-state index in [2.05, 4.69) is 16.3 Å². The smallest absolute Gasteiger partial charge is 0.267 e. The van der Waals surface area contributed by atoms with Crippen molar-refractivity contribution in [1.82, 2.24) is 15.1 Å². The zero-order valence-corrected chi connectivity index (χ0v) is 13.2. The summed E-state index contributed by atoms with van der Waals surface area (Å²) in [5.74, 6) is -0.0715. The summed E-state index contributed by atoms with van der Waals surface area (Å²) < 4.78 is 0. The molecule has 112 valence electrons. The third-order valence-electron chi connectivity index (χ3n) is 3.40. The fourth-order valence-corrected chi connectivity index (χ4v) is 2.59. The van der Waals surface area contributed by atoms with Gasteiger partial charge in [0.15, 0.2) is 0 Å². The van der Waals surface area contributed by atoms with Crippen molar-refractivity contribution >= 4 is 17.7 Å². The fourth-order valence-electron chi connectivity index (χ4n) is 2.10. The van der Waals surface area contributed by atoms with Crippen LogP contribution < -0.4 is 5.56 Å². The normalized spacial score (nSPS) is 10.6. The molecule has 0 bridgehead atoms. The monoisotopic (exact) mass is 305 g/mol. The molecule has 0 aliphatic rings. The molecule has 1 aromatic carbocycles. The summed E-state index contributed by atoms with van der Waals surface area (Å²) >= 11 is 1.67. The second kappa shape index (κ2) is 6.67. The van der Waals surface area contributed by atoms with Crippen LogP contribution in [0, 0.1) is 6.92 Å². The van der Waals surface area contributed by atoms with E-state index < -0.39 is 0 Å². The molecule has 0 saturated heterocycles. The lowest BCUT2D eigenvalue weighted by atomic mass is 10.1. The van der Waals surface area contributed by atoms with Crippen molar-refractivity contribution in [2.24, 2.45) is 0 Å². The van der Waals surface area contributed by atoms with Crippen molar-refractivity contribution in [3.8, 4) is 0 Å². The molecule has 0 radical (unpaired) electrons. The number of nitrogens with one attached hydrogen (secondary N) is 2. The quantitative estimate of drug-likeness (QED) is 0.829. The Morgan fingerprint density at radius 2 is 2.10 bits per heavy atom. The number of H-pyrrole nitrogens is 2. The second-order valence-corrected chi connectivity index (χ2v) is 5.84. The van der Waals surface area contributed by atoms with Gasteiger partial charge in [-0.2, -0.15) is 0 Å². The molecule has 1 heterocycles. The van der Waals surface area contributed by atoms with Crippen LogP contribution in [0.5, 0.6) is 0 Å². The topological polar surface area (TPSA) is 69.0 Å². The zero-order valence-electron chi connectivity index (χ0n) is 12.4. The van der Waals surface area contributed by atoms with Crippen LogP contribution in [0.25, 0.3) is 0 Å². The Kier molecular flexibility index (Phi) is 4.90. The summed E-state index contributed by atoms with van der Waals surface area (Å²) in [4.78, 5) is 26.6. The maximum absolute atomic E-state index is 12.2. The Hall–Kier alpha value is -1.95. The number of nitrogens with zero attached hydrogens (tertiary/aromatic N) is 1. The molecule has 5 nitrogen and oxygen atoms in total. The van der Waals surface area contributed by atoms with Gasteiger partial charge in [0.2, 0.25) is 5.91 Å². The number of aryl methyl sites for hydroxylation is 1. The number of hydrogen-bond acceptors (Lipinski definition) is 3. The van der Waals surface area contributed by atoms with E-state index in [9.17, 15) is 9.59 Å². The predicted molar refractivity (Wildman–Crippen MR) is 84.6 cm³/mol. The molecule has 0 aliphatic heterocycles. The van der Waals surface area contributed by atoms with Gasteiger partial charge in [-0.15, -0.1) is 11.8 Å². The third-order valence-corrected chi connectivity index (χ3v) is 4.12. The van der Waals surface area contributed by atoms with E-state index in [0.29, 0.717) is 17.8 Å². The number of amides is 1. The highest BCUT2D eigenvalue weighted by Crippen LogP contribution is 2.17. The van der Waals surface area contributed by atoms with Gasteiger partial charge in [0.05, 0.1) is 6.42 Å². The van der Waals surface area contributed by atoms with Crippen LogP contribution in [0.15, 0.2) is 34.0 Å². The summed E-state index contributed by atoms with van der Waals surface area (Å²) in [7, 11) is 1.75. The zero-order chi connectivity index (χ0) is 15.4. The number of aromatic nitrogens is 2. The number of carbonyl (C=O) groups is 1. The van der Waals surface area contributed by atoms with E-state index in [4.69, 9.17) is 0 Å². The highest BCUT2D eigenvalue weighted by Gasteiger charge is 2.15. The van der Waals surface area contributed by atoms with Crippen LogP contribution in [0.1, 0.15) is 16.8 Å². The molecule has 1 amide bonds. The van der Waals surface area contributed by atoms with Gasteiger partial charge in [0, 0.05) is 29.7 Å². The van der Waals surface area contributed by atoms with Crippen molar-refractivity contribution in [1.29, 1.82) is 0 Å². The van der Waals surface area contributed by atoms with Crippen LogP contribution in [-0.2, 0) is 17.8 Å². The van der Waals surface area contributed by atoms with Gasteiger partial charge >= 0.3 is 0 Å². The van der Waals surface area contributed by atoms with Crippen LogP contribution in [0.4, 0.5) is 0 Å². The summed E-state index contributed by atoms with van der Waals surface area (Å²) in [5.41, 5.74) is 2.08. The summed E-state index contributed by atoms with van der Waals surface area (Å²) in [6.45, 7) is 2.32. The van der Waals surface area contributed by atoms with Crippen LogP contribution in [-0.4, -0.2) is 34.3 Å². The molecule has 2 rings (SSSR count). The highest BCUT2D eigenvalue weighted by molar-refractivity contribution is 7.98. The minimum absolute atomic E-state index is 0.0715. The Balaban J connectivity index is 2.04. The van der Waals surface area contributed by atoms with E-state index in [0.717, 1.165) is 5.56 Å². The summed E-state index contributed by atoms with van der Waals surface area (Å²) in [6.07, 6.45) is 2.14. The maximum Gasteiger partial charge on any atom is 0.267 e. The molecule has 0 unspecified atom stereocenters. The molecule has 0 fully saturated rings. The SMILES string of the molecule is CSc1cccc(CN(C)C(=O)Cc2c(C)[nH][nH]c2=O)c1. The van der Waals surface area contributed by atoms with Crippen molar-refractivity contribution in [2.75, 3.05) is 13.3 Å². The highest BCUT2D eigenvalue weighted by atomic mass is 32.2. The molecule has 6 heteroatoms. The Morgan fingerprint density at radius 3 is 2.71 bits per heavy atom. The van der Waals surface area contributed by atoms with E-state index >= 15 is 0 Å². The average molecular weight is 305 g/mol. The van der Waals surface area contributed by atoms with E-state index in [1.807, 2.05) is 24.5 Å². The van der Waals surface area contributed by atoms with Gasteiger partial charge in [-0.1, -0.05) is 12.1 Å². The molecule has 1 aromatic heterocycles. The molecule has 0 spiro atoms. The van der Waals surface area contributed by atoms with Crippen LogP contribution in [0.2, 0.25) is 0 Å². The standard InChI is InChI=1S/C15H19N3O2S/c1-10-13(15(20)17-16-10)8-14(19)18(2)9-11-5-4-6-12(7-11)21-3/h4-7H,8-9H2,1-3H3,(H2,16,17,20). The average Bonchev–Trinajstić information content (AvgIpc) is 2.79. The molecular weight excluding hydrogens is 286 g/mol. The number of thioether (sulfide) groups is 1. The van der Waals surface area contributed by atoms with Gasteiger partial charge in [-0.25, -0.2) is 0 Å². The molecule has 0 saturated carbocycles. The molecule has 2 N–H and O–H groups in total. The number of aromatic amines is 2. The van der Waals surface area contributed by atoms with E-state index in [1.54, 1.807) is 30.6 Å². The number of likely N-dealkylation sites (N-methyl/N-ethyl adjacent to an activating group) is 1. The first kappa shape index (κ1) is 15.4. The minimum Gasteiger partial charge on any atom is -0.341 e. The molecule has 0 aliphatic carbocycles. The number of benzene rings is 1. The fraction of sp³-hybridized carbons (Fsp3) is 0.333. The maximum atomic E-state index is 12.2. The minimum atomic E-state index is -0.223. The van der Waals surface area contributed by atoms with Crippen molar-refractivity contribution in [3.05, 3.63) is 51.4 Å². The van der Waals surface area contributed by atoms with Crippen molar-refractivity contribution in [3.63, 3.8) is 0 Å². The van der Waals surface area contributed by atoms with Gasteiger partial charge in [-0.3, -0.25) is 14.7 Å². The Labute approximate surface area is 127 Å². The first-order chi connectivity index (χ1) is 10.0. The molecular formula is C15H19N3O2S. The van der Waals surface area contributed by atoms with Crippen molar-refractivity contribution in [2.45, 2.75) is 24.8 Å². The largest absolute Gasteiger partial charge is 0.341 e. The molecule has 21 heavy (non-hydrogen) atoms. The van der Waals surface area contributed by atoms with Crippen LogP contribution in [0.3, 0.4) is 0 Å². The molecule has 0 atom stereocenters. The first-order valence-corrected chi connectivity index (χ1v) is 7.86. The Morgan fingerprint density at radius 1 is 1.33 bits per heavy atom. The van der Waals surface area contributed by atoms with Crippen molar-refractivity contribution < 1.29 is 4.79 Å². The van der Waals surface area contributed by atoms with Crippen LogP contribution >= 0.6 is 11.8 Å². The molecule has 2 aromatic rings. The number of hydrogen-bond donors (Lipinski definition) is 2. The third kappa shape index (κ3) is 3.78. The van der Waals surface area contributed by atoms with Gasteiger partial charge < -0.3 is 10.00 Å². The van der Waals surface area contributed by atoms with E-state index in [-0.39, 0.29) is 17.9 Å². The lowest BCUT2D eigenvalue weighted by Gasteiger charge is -2.17. The summed E-state index contributed by atoms with van der Waals surface area (Å²) in [6, 6.07) is 8.10. The van der Waals surface area contributed by atoms with Gasteiger partial charge in [0.25, 0.3) is 5.56 Å². The predicted octanol–water partition coefficient (Wildman–Crippen LogP) is 1.93. The lowest BCUT2D eigenvalue weighted by molar-refractivity contribution is -0.129.